The van der Waals surface area contributed by atoms with Crippen molar-refractivity contribution in [2.45, 2.75) is 57.3 Å². The monoisotopic (exact) mass is 441 g/mol. The molecule has 9 heteroatoms. The highest BCUT2D eigenvalue weighted by Gasteiger charge is 2.43. The lowest BCUT2D eigenvalue weighted by atomic mass is 9.93. The van der Waals surface area contributed by atoms with Crippen molar-refractivity contribution in [1.29, 1.82) is 0 Å². The van der Waals surface area contributed by atoms with Crippen LogP contribution in [0.3, 0.4) is 0 Å². The van der Waals surface area contributed by atoms with Gasteiger partial charge in [-0.2, -0.15) is 0 Å². The average Bonchev–Trinajstić information content (AvgIpc) is 3.06. The topological polar surface area (TPSA) is 127 Å². The van der Waals surface area contributed by atoms with E-state index in [1.54, 1.807) is 6.20 Å². The number of ether oxygens (including phenoxy) is 1. The van der Waals surface area contributed by atoms with Crippen molar-refractivity contribution in [3.8, 4) is 0 Å². The van der Waals surface area contributed by atoms with E-state index in [1.807, 2.05) is 12.1 Å². The lowest BCUT2D eigenvalue weighted by molar-refractivity contribution is -0.0458. The van der Waals surface area contributed by atoms with Gasteiger partial charge in [0.05, 0.1) is 18.3 Å². The van der Waals surface area contributed by atoms with Crippen LogP contribution in [0, 0.1) is 0 Å². The van der Waals surface area contributed by atoms with Gasteiger partial charge in [0.15, 0.2) is 6.23 Å². The number of aliphatic hydroxyl groups is 3. The maximum absolute atomic E-state index is 13.1. The molecule has 0 amide bonds. The van der Waals surface area contributed by atoms with E-state index in [0.717, 1.165) is 33.1 Å². The van der Waals surface area contributed by atoms with Gasteiger partial charge in [0.25, 0.3) is 5.56 Å². The molecule has 2 aliphatic rings. The van der Waals surface area contributed by atoms with E-state index < -0.39 is 35.8 Å². The minimum absolute atomic E-state index is 0.0478. The molecule has 1 aliphatic heterocycles. The third kappa shape index (κ3) is 4.24. The molecule has 4 atom stereocenters. The van der Waals surface area contributed by atoms with Gasteiger partial charge in [0.1, 0.15) is 12.2 Å². The fourth-order valence-electron chi connectivity index (χ4n) is 4.23. The third-order valence-electron chi connectivity index (χ3n) is 5.96. The molecule has 3 N–H and O–H groups in total. The predicted molar refractivity (Wildman–Crippen MR) is 117 cm³/mol. The molecule has 1 fully saturated rings. The van der Waals surface area contributed by atoms with E-state index in [2.05, 4.69) is 24.1 Å². The Balaban J connectivity index is 1.64. The maximum Gasteiger partial charge on any atom is 0.333 e. The van der Waals surface area contributed by atoms with Crippen LogP contribution in [-0.2, 0) is 11.3 Å². The highest BCUT2D eigenvalue weighted by atomic mass is 16.6. The van der Waals surface area contributed by atoms with Gasteiger partial charge in [-0.1, -0.05) is 12.2 Å². The number of rotatable bonds is 6. The lowest BCUT2D eigenvalue weighted by Crippen LogP contribution is -2.43. The third-order valence-corrected chi connectivity index (χ3v) is 5.96. The van der Waals surface area contributed by atoms with Gasteiger partial charge in [-0.25, -0.2) is 4.79 Å². The van der Waals surface area contributed by atoms with Gasteiger partial charge < -0.3 is 20.1 Å². The Morgan fingerprint density at radius 2 is 1.94 bits per heavy atom. The normalized spacial score (nSPS) is 25.5. The molecule has 0 radical (unpaired) electrons. The largest absolute Gasteiger partial charge is 0.396 e. The van der Waals surface area contributed by atoms with Gasteiger partial charge in [0.2, 0.25) is 0 Å². The molecule has 1 aliphatic carbocycles. The summed E-state index contributed by atoms with van der Waals surface area (Å²) < 4.78 is 7.72. The second-order valence-corrected chi connectivity index (χ2v) is 8.11. The predicted octanol–water partition coefficient (Wildman–Crippen LogP) is 0.578. The van der Waals surface area contributed by atoms with E-state index in [4.69, 9.17) is 9.84 Å². The Kier molecular flexibility index (Phi) is 6.52. The number of nitrogens with zero attached hydrogens (tertiary/aromatic N) is 3. The minimum Gasteiger partial charge on any atom is -0.396 e. The van der Waals surface area contributed by atoms with E-state index in [9.17, 15) is 19.8 Å². The van der Waals surface area contributed by atoms with Crippen LogP contribution in [0.5, 0.6) is 0 Å². The summed E-state index contributed by atoms with van der Waals surface area (Å²) in [5, 5.41) is 29.6. The van der Waals surface area contributed by atoms with E-state index >= 15 is 0 Å². The Hall–Kier alpha value is -2.85. The molecule has 1 saturated heterocycles. The second-order valence-electron chi connectivity index (χ2n) is 8.11. The molecule has 2 aromatic rings. The molecule has 170 valence electrons. The van der Waals surface area contributed by atoms with E-state index in [1.165, 1.54) is 17.8 Å². The first-order valence-electron chi connectivity index (χ1n) is 10.7. The van der Waals surface area contributed by atoms with Crippen LogP contribution >= 0.6 is 0 Å². The van der Waals surface area contributed by atoms with Crippen LogP contribution in [0.2, 0.25) is 0 Å². The summed E-state index contributed by atoms with van der Waals surface area (Å²) in [6, 6.07) is 4.97. The highest BCUT2D eigenvalue weighted by molar-refractivity contribution is 5.79. The second kappa shape index (κ2) is 9.33. The van der Waals surface area contributed by atoms with Crippen molar-refractivity contribution in [3.05, 3.63) is 80.4 Å². The van der Waals surface area contributed by atoms with Crippen molar-refractivity contribution < 1.29 is 20.1 Å². The number of hydrogen-bond acceptors (Lipinski definition) is 7. The zero-order valence-electron chi connectivity index (χ0n) is 17.8. The maximum atomic E-state index is 13.1. The van der Waals surface area contributed by atoms with Gasteiger partial charge in [-0.05, 0) is 55.0 Å². The highest BCUT2D eigenvalue weighted by Crippen LogP contribution is 2.30. The Morgan fingerprint density at radius 1 is 1.16 bits per heavy atom. The first kappa shape index (κ1) is 22.3. The summed E-state index contributed by atoms with van der Waals surface area (Å²) in [6.07, 6.45) is 4.73. The van der Waals surface area contributed by atoms with Crippen LogP contribution < -0.4 is 11.2 Å². The lowest BCUT2D eigenvalue weighted by Gasteiger charge is -2.19. The van der Waals surface area contributed by atoms with Gasteiger partial charge in [-0.3, -0.25) is 18.9 Å². The minimum atomic E-state index is -1.37. The van der Waals surface area contributed by atoms with Crippen LogP contribution in [0.1, 0.15) is 43.7 Å². The Morgan fingerprint density at radius 3 is 2.69 bits per heavy atom. The molecule has 3 heterocycles. The molecule has 32 heavy (non-hydrogen) atoms. The summed E-state index contributed by atoms with van der Waals surface area (Å²) in [6.45, 7) is 1.77. The van der Waals surface area contributed by atoms with Crippen molar-refractivity contribution in [2.24, 2.45) is 0 Å². The first-order valence-corrected chi connectivity index (χ1v) is 10.7. The number of aliphatic hydroxyl groups excluding tert-OH is 3. The Labute approximate surface area is 184 Å². The summed E-state index contributed by atoms with van der Waals surface area (Å²) >= 11 is 0. The quantitative estimate of drug-likeness (QED) is 0.598. The fourth-order valence-corrected chi connectivity index (χ4v) is 4.23. The van der Waals surface area contributed by atoms with Crippen molar-refractivity contribution in [2.75, 3.05) is 6.61 Å². The van der Waals surface area contributed by atoms with Crippen molar-refractivity contribution in [1.82, 2.24) is 14.1 Å². The SMILES string of the molecule is CC1=CCCC=C1c1ccnc(Cn2c(=O)ccn(C3OC(CCO)C(O)C3O)c2=O)c1. The van der Waals surface area contributed by atoms with Crippen LogP contribution in [0.4, 0.5) is 0 Å². The summed E-state index contributed by atoms with van der Waals surface area (Å²) in [5.41, 5.74) is 2.62. The van der Waals surface area contributed by atoms with E-state index in [-0.39, 0.29) is 19.6 Å². The van der Waals surface area contributed by atoms with Crippen LogP contribution in [0.15, 0.2) is 57.9 Å². The van der Waals surface area contributed by atoms with Gasteiger partial charge in [0, 0.05) is 25.1 Å². The molecular formula is C23H27N3O6. The molecule has 0 saturated carbocycles. The van der Waals surface area contributed by atoms with Crippen LogP contribution in [0.25, 0.3) is 5.57 Å². The first-order chi connectivity index (χ1) is 15.4. The van der Waals surface area contributed by atoms with Crippen LogP contribution in [-0.4, -0.2) is 54.4 Å². The molecule has 4 rings (SSSR count). The fraction of sp³-hybridized carbons (Fsp3) is 0.435. The number of allylic oxidation sites excluding steroid dienone is 4. The van der Waals surface area contributed by atoms with Gasteiger partial charge in [-0.15, -0.1) is 0 Å². The van der Waals surface area contributed by atoms with Gasteiger partial charge >= 0.3 is 5.69 Å². The zero-order chi connectivity index (χ0) is 22.8. The molecule has 2 aromatic heterocycles. The number of aromatic nitrogens is 3. The zero-order valence-corrected chi connectivity index (χ0v) is 17.8. The summed E-state index contributed by atoms with van der Waals surface area (Å²) in [7, 11) is 0. The average molecular weight is 441 g/mol. The summed E-state index contributed by atoms with van der Waals surface area (Å²) in [5.74, 6) is 0. The smallest absolute Gasteiger partial charge is 0.333 e. The molecule has 0 spiro atoms. The van der Waals surface area contributed by atoms with Crippen molar-refractivity contribution in [3.63, 3.8) is 0 Å². The molecule has 0 aromatic carbocycles. The summed E-state index contributed by atoms with van der Waals surface area (Å²) in [4.78, 5) is 29.9. The van der Waals surface area contributed by atoms with E-state index in [0.29, 0.717) is 5.69 Å². The number of pyridine rings is 1. The Bertz CT molecular complexity index is 1160. The molecular weight excluding hydrogens is 414 g/mol. The molecule has 9 nitrogen and oxygen atoms in total. The van der Waals surface area contributed by atoms with Crippen molar-refractivity contribution >= 4 is 5.57 Å². The molecule has 4 unspecified atom stereocenters. The molecule has 0 bridgehead atoms. The number of hydrogen-bond donors (Lipinski definition) is 3. The standard InChI is InChI=1S/C23H27N3O6/c1-14-4-2-3-5-17(14)15-6-9-24-16(12-15)13-26-19(28)7-10-25(23(26)31)22-21(30)20(29)18(32-22)8-11-27/h4-7,9-10,12,18,20-22,27,29-30H,2-3,8,11,13H2,1H3.